The van der Waals surface area contributed by atoms with Crippen molar-refractivity contribution < 1.29 is 38.4 Å². The number of hydrogen-bond acceptors (Lipinski definition) is 17. The van der Waals surface area contributed by atoms with Crippen LogP contribution in [0.2, 0.25) is 0 Å². The molecule has 0 unspecified atom stereocenters. The standard InChI is InChI=1S/C93H169N17O8/c1-4-7-10-13-16-19-22-25-28-31-74-103-81(111)44-50-89(51-45-82(112)104-75-32-29-26-23-20-17-14-11-8-5-2,52-46-83(113)105-76-33-30-27-24-21-18-15-12-9-6-3)109-87(117)79-40-36-77(37-41-79)34-35-78-38-42-80(43-39-78)88(118)110-90(53-47-84(114)106-91(56-65-94,57-66-95)58-67-96,54-48-85(115)107-92(59-68-97,60-69-98)61-70-99)55-49-86(116)108-93(62-71-100,63-72-101)64-73-102/h36-43H,4-33,44-76,94-102H2,1-3H3,(H,103,111)(H,104,112)(H,105,113)(H,106,114)(H,107,115)(H,108,116)(H,109,117)(H,110,118). The van der Waals surface area contributed by atoms with E-state index in [2.05, 4.69) is 75.1 Å². The van der Waals surface area contributed by atoms with E-state index >= 15 is 0 Å². The zero-order chi connectivity index (χ0) is 86.7. The molecule has 2 aromatic carbocycles. The fourth-order valence-corrected chi connectivity index (χ4v) is 16.5. The van der Waals surface area contributed by atoms with E-state index in [9.17, 15) is 38.4 Å². The largest absolute Gasteiger partial charge is 0.356 e. The summed E-state index contributed by atoms with van der Waals surface area (Å²) in [6.45, 7) is 10.7. The number of carbonyl (C=O) groups is 8. The van der Waals surface area contributed by atoms with Gasteiger partial charge in [-0.15, -0.1) is 0 Å². The quantitative estimate of drug-likeness (QED) is 0.0216. The lowest BCUT2D eigenvalue weighted by Gasteiger charge is -2.39. The minimum atomic E-state index is -1.35. The lowest BCUT2D eigenvalue weighted by Crippen LogP contribution is -2.55. The number of carbonyl (C=O) groups excluding carboxylic acids is 8. The Bertz CT molecular complexity index is 2810. The minimum absolute atomic E-state index is 0.00777. The van der Waals surface area contributed by atoms with Gasteiger partial charge >= 0.3 is 0 Å². The van der Waals surface area contributed by atoms with E-state index < -0.39 is 39.5 Å². The Balaban J connectivity index is 2.65. The van der Waals surface area contributed by atoms with Crippen LogP contribution in [0.1, 0.15) is 380 Å². The Morgan fingerprint density at radius 3 is 0.610 bits per heavy atom. The van der Waals surface area contributed by atoms with Gasteiger partial charge in [-0.3, -0.25) is 38.4 Å². The summed E-state index contributed by atoms with van der Waals surface area (Å²) in [4.78, 5) is 114. The van der Waals surface area contributed by atoms with E-state index in [0.29, 0.717) is 94.1 Å². The Kier molecular flexibility index (Phi) is 61.0. The first-order chi connectivity index (χ1) is 57.1. The Morgan fingerprint density at radius 1 is 0.237 bits per heavy atom. The topological polar surface area (TPSA) is 467 Å². The lowest BCUT2D eigenvalue weighted by atomic mass is 9.81. The van der Waals surface area contributed by atoms with E-state index in [1.54, 1.807) is 48.5 Å². The molecular weight excluding hydrogens is 1480 g/mol. The van der Waals surface area contributed by atoms with Crippen molar-refractivity contribution in [2.45, 2.75) is 376 Å². The minimum Gasteiger partial charge on any atom is -0.356 e. The second-order valence-electron chi connectivity index (χ2n) is 33.8. The molecule has 118 heavy (non-hydrogen) atoms. The van der Waals surface area contributed by atoms with Gasteiger partial charge in [-0.2, -0.15) is 0 Å². The highest BCUT2D eigenvalue weighted by Crippen LogP contribution is 2.32. The van der Waals surface area contributed by atoms with E-state index in [1.165, 1.54) is 135 Å². The SMILES string of the molecule is CCCCCCCCCCCCNC(=O)CCC(CCC(=O)NCCCCCCCCCCCC)(CCC(=O)NCCCCCCCCCCCC)NC(=O)c1ccc(C#Cc2ccc(C(=O)NC(CCC(=O)NC(CCN)(CCN)CCN)(CCC(=O)NC(CCN)(CCN)CCN)CCC(=O)NC(CCN)(CCN)CCN)cc2)cc1. The number of nitrogens with one attached hydrogen (secondary N) is 8. The van der Waals surface area contributed by atoms with Crippen molar-refractivity contribution in [2.75, 3.05) is 78.5 Å². The van der Waals surface area contributed by atoms with Gasteiger partial charge in [-0.25, -0.2) is 0 Å². The van der Waals surface area contributed by atoms with Crippen LogP contribution >= 0.6 is 0 Å². The Hall–Kier alpha value is -6.60. The second kappa shape index (κ2) is 67.0. The molecule has 674 valence electrons. The average molecular weight is 1650 g/mol. The first-order valence-electron chi connectivity index (χ1n) is 46.6. The number of rotatable bonds is 76. The third kappa shape index (κ3) is 48.7. The van der Waals surface area contributed by atoms with Gasteiger partial charge < -0.3 is 94.1 Å². The molecule has 0 heterocycles. The van der Waals surface area contributed by atoms with Gasteiger partial charge in [0.15, 0.2) is 0 Å². The van der Waals surface area contributed by atoms with Crippen LogP contribution in [0.5, 0.6) is 0 Å². The Morgan fingerprint density at radius 2 is 0.415 bits per heavy atom. The van der Waals surface area contributed by atoms with Crippen LogP contribution in [0.15, 0.2) is 48.5 Å². The average Bonchev–Trinajstić information content (AvgIpc) is 0.819. The van der Waals surface area contributed by atoms with Crippen LogP contribution in [0.4, 0.5) is 0 Å². The molecule has 26 N–H and O–H groups in total. The second-order valence-corrected chi connectivity index (χ2v) is 33.8. The molecule has 0 bridgehead atoms. The van der Waals surface area contributed by atoms with Gasteiger partial charge in [-0.05, 0) is 223 Å². The van der Waals surface area contributed by atoms with Crippen molar-refractivity contribution in [2.24, 2.45) is 51.6 Å². The third-order valence-electron chi connectivity index (χ3n) is 23.8. The van der Waals surface area contributed by atoms with E-state index in [4.69, 9.17) is 51.6 Å². The van der Waals surface area contributed by atoms with Crippen LogP contribution in [-0.4, -0.2) is 153 Å². The molecule has 2 rings (SSSR count). The van der Waals surface area contributed by atoms with Crippen LogP contribution in [0, 0.1) is 11.8 Å². The summed E-state index contributed by atoms with van der Waals surface area (Å²) in [5, 5.41) is 25.5. The zero-order valence-electron chi connectivity index (χ0n) is 74.1. The molecule has 0 aliphatic heterocycles. The molecule has 0 saturated carbocycles. The number of unbranched alkanes of at least 4 members (excludes halogenated alkanes) is 27. The molecule has 25 nitrogen and oxygen atoms in total. The van der Waals surface area contributed by atoms with Crippen molar-refractivity contribution >= 4 is 47.3 Å². The maximum Gasteiger partial charge on any atom is 0.251 e. The molecule has 8 amide bonds. The fourth-order valence-electron chi connectivity index (χ4n) is 16.5. The van der Waals surface area contributed by atoms with Gasteiger partial charge in [0, 0.05) is 108 Å². The molecule has 0 atom stereocenters. The van der Waals surface area contributed by atoms with E-state index in [-0.39, 0.29) is 177 Å². The van der Waals surface area contributed by atoms with E-state index in [1.807, 2.05) is 0 Å². The highest BCUT2D eigenvalue weighted by molar-refractivity contribution is 5.96. The highest BCUT2D eigenvalue weighted by atomic mass is 16.2. The van der Waals surface area contributed by atoms with Crippen molar-refractivity contribution in [1.82, 2.24) is 42.5 Å². The van der Waals surface area contributed by atoms with Gasteiger partial charge in [0.2, 0.25) is 35.4 Å². The molecule has 25 heteroatoms. The molecule has 0 saturated heterocycles. The zero-order valence-corrected chi connectivity index (χ0v) is 74.1. The maximum atomic E-state index is 15.0. The van der Waals surface area contributed by atoms with Crippen molar-refractivity contribution in [1.29, 1.82) is 0 Å². The predicted octanol–water partition coefficient (Wildman–Crippen LogP) is 11.5. The summed E-state index contributed by atoms with van der Waals surface area (Å²) >= 11 is 0. The summed E-state index contributed by atoms with van der Waals surface area (Å²) in [5.41, 5.74) is 51.8. The fraction of sp³-hybridized carbons (Fsp3) is 0.763. The number of benzene rings is 2. The summed E-state index contributed by atoms with van der Waals surface area (Å²) in [6.07, 6.45) is 39.8. The molecule has 0 aromatic heterocycles. The Labute approximate surface area is 713 Å². The number of amides is 8. The van der Waals surface area contributed by atoms with Crippen molar-refractivity contribution in [3.8, 4) is 11.8 Å². The summed E-state index contributed by atoms with van der Waals surface area (Å²) in [5.74, 6) is 3.99. The number of nitrogens with two attached hydrogens (primary N) is 9. The third-order valence-corrected chi connectivity index (χ3v) is 23.8. The maximum absolute atomic E-state index is 15.0. The van der Waals surface area contributed by atoms with Crippen molar-refractivity contribution in [3.05, 3.63) is 70.8 Å². The predicted molar refractivity (Wildman–Crippen MR) is 485 cm³/mol. The summed E-state index contributed by atoms with van der Waals surface area (Å²) in [6, 6.07) is 13.5. The molecule has 0 fully saturated rings. The lowest BCUT2D eigenvalue weighted by molar-refractivity contribution is -0.125. The van der Waals surface area contributed by atoms with Gasteiger partial charge in [0.25, 0.3) is 11.8 Å². The molecular formula is C93H169N17O8. The molecule has 2 aromatic rings. The van der Waals surface area contributed by atoms with Gasteiger partial charge in [-0.1, -0.05) is 206 Å². The molecule has 0 spiro atoms. The first-order valence-corrected chi connectivity index (χ1v) is 46.6. The van der Waals surface area contributed by atoms with Crippen LogP contribution < -0.4 is 94.1 Å². The highest BCUT2D eigenvalue weighted by Gasteiger charge is 2.40. The molecule has 0 aliphatic carbocycles. The summed E-state index contributed by atoms with van der Waals surface area (Å²) in [7, 11) is 0. The normalized spacial score (nSPS) is 11.9. The molecule has 0 aliphatic rings. The first kappa shape index (κ1) is 107. The van der Waals surface area contributed by atoms with Crippen LogP contribution in [-0.2, 0) is 28.8 Å². The molecule has 0 radical (unpaired) electrons. The van der Waals surface area contributed by atoms with Crippen LogP contribution in [0.25, 0.3) is 0 Å². The van der Waals surface area contributed by atoms with E-state index in [0.717, 1.165) is 57.8 Å². The number of hydrogen-bond donors (Lipinski definition) is 17. The van der Waals surface area contributed by atoms with Gasteiger partial charge in [0.1, 0.15) is 0 Å². The van der Waals surface area contributed by atoms with Crippen LogP contribution in [0.3, 0.4) is 0 Å². The van der Waals surface area contributed by atoms with Crippen molar-refractivity contribution in [3.63, 3.8) is 0 Å². The smallest absolute Gasteiger partial charge is 0.251 e. The monoisotopic (exact) mass is 1650 g/mol. The summed E-state index contributed by atoms with van der Waals surface area (Å²) < 4.78 is 0. The van der Waals surface area contributed by atoms with Gasteiger partial charge in [0.05, 0.1) is 0 Å².